The van der Waals surface area contributed by atoms with Gasteiger partial charge in [0.15, 0.2) is 0 Å². The maximum Gasteiger partial charge on any atom is 0.0693 e. The van der Waals surface area contributed by atoms with E-state index in [1.54, 1.807) is 0 Å². The van der Waals surface area contributed by atoms with Crippen LogP contribution in [0.15, 0.2) is 22.7 Å². The summed E-state index contributed by atoms with van der Waals surface area (Å²) in [4.78, 5) is 0. The lowest BCUT2D eigenvalue weighted by atomic mass is 10.1. The van der Waals surface area contributed by atoms with Gasteiger partial charge in [-0.1, -0.05) is 27.8 Å². The Morgan fingerprint density at radius 2 is 2.23 bits per heavy atom. The van der Waals surface area contributed by atoms with Crippen LogP contribution in [0.1, 0.15) is 11.1 Å². The molecule has 0 radical (unpaired) electrons. The second-order valence-electron chi connectivity index (χ2n) is 2.47. The Bertz CT molecular complexity index is 352. The minimum atomic E-state index is 0.0126. The van der Waals surface area contributed by atoms with Gasteiger partial charge >= 0.3 is 0 Å². The third-order valence-electron chi connectivity index (χ3n) is 1.55. The first-order chi connectivity index (χ1) is 6.27. The third-order valence-corrected chi connectivity index (χ3v) is 2.32. The molecule has 0 fully saturated rings. The molecule has 0 bridgehead atoms. The minimum Gasteiger partial charge on any atom is -0.392 e. The highest BCUT2D eigenvalue weighted by molar-refractivity contribution is 9.10. The quantitative estimate of drug-likeness (QED) is 0.726. The van der Waals surface area contributed by atoms with Crippen LogP contribution >= 0.6 is 15.9 Å². The molecule has 0 aliphatic rings. The summed E-state index contributed by atoms with van der Waals surface area (Å²) in [6.07, 6.45) is 0. The van der Waals surface area contributed by atoms with Crippen LogP contribution in [-0.4, -0.2) is 11.7 Å². The predicted octanol–water partition coefficient (Wildman–Crippen LogP) is 1.25. The standard InChI is InChI=1S/C10H10BrNO/c11-10-4-3-8(2-1-5-12)6-9(10)7-13/h3-4,6,13H,5,7,12H2. The zero-order valence-electron chi connectivity index (χ0n) is 7.05. The van der Waals surface area contributed by atoms with Gasteiger partial charge in [-0.3, -0.25) is 0 Å². The molecule has 1 aromatic rings. The number of aliphatic hydroxyl groups excluding tert-OH is 1. The SMILES string of the molecule is NCC#Cc1ccc(Br)c(CO)c1. The van der Waals surface area contributed by atoms with Crippen molar-refractivity contribution >= 4 is 15.9 Å². The first kappa shape index (κ1) is 10.3. The number of nitrogens with two attached hydrogens (primary N) is 1. The molecule has 1 aromatic carbocycles. The summed E-state index contributed by atoms with van der Waals surface area (Å²) in [6.45, 7) is 0.364. The van der Waals surface area contributed by atoms with Crippen LogP contribution in [0.25, 0.3) is 0 Å². The molecule has 0 unspecified atom stereocenters. The summed E-state index contributed by atoms with van der Waals surface area (Å²) in [7, 11) is 0. The van der Waals surface area contributed by atoms with Crippen LogP contribution < -0.4 is 5.73 Å². The van der Waals surface area contributed by atoms with Crippen molar-refractivity contribution in [2.24, 2.45) is 5.73 Å². The third kappa shape index (κ3) is 2.85. The van der Waals surface area contributed by atoms with Crippen molar-refractivity contribution in [1.29, 1.82) is 0 Å². The topological polar surface area (TPSA) is 46.2 Å². The second-order valence-corrected chi connectivity index (χ2v) is 3.32. The molecule has 1 rings (SSSR count). The number of benzene rings is 1. The molecule has 0 aliphatic heterocycles. The molecule has 0 spiro atoms. The Labute approximate surface area is 85.9 Å². The van der Waals surface area contributed by atoms with Gasteiger partial charge in [-0.25, -0.2) is 0 Å². The number of rotatable bonds is 1. The van der Waals surface area contributed by atoms with E-state index in [0.717, 1.165) is 15.6 Å². The predicted molar refractivity (Wildman–Crippen MR) is 56.0 cm³/mol. The molecular weight excluding hydrogens is 230 g/mol. The molecule has 3 heteroatoms. The smallest absolute Gasteiger partial charge is 0.0693 e. The number of hydrogen-bond donors (Lipinski definition) is 2. The van der Waals surface area contributed by atoms with Crippen LogP contribution in [0.3, 0.4) is 0 Å². The molecule has 68 valence electrons. The van der Waals surface area contributed by atoms with Gasteiger partial charge in [-0.05, 0) is 23.8 Å². The summed E-state index contributed by atoms with van der Waals surface area (Å²) in [5.41, 5.74) is 6.95. The summed E-state index contributed by atoms with van der Waals surface area (Å²) in [5, 5.41) is 8.97. The Morgan fingerprint density at radius 3 is 2.85 bits per heavy atom. The fourth-order valence-electron chi connectivity index (χ4n) is 0.927. The second kappa shape index (κ2) is 5.03. The van der Waals surface area contributed by atoms with E-state index in [4.69, 9.17) is 10.8 Å². The van der Waals surface area contributed by atoms with Crippen LogP contribution in [0.4, 0.5) is 0 Å². The lowest BCUT2D eigenvalue weighted by molar-refractivity contribution is 0.281. The highest BCUT2D eigenvalue weighted by atomic mass is 79.9. The van der Waals surface area contributed by atoms with Gasteiger partial charge in [0.25, 0.3) is 0 Å². The fourth-order valence-corrected chi connectivity index (χ4v) is 1.30. The number of hydrogen-bond acceptors (Lipinski definition) is 2. The molecule has 0 heterocycles. The van der Waals surface area contributed by atoms with Gasteiger partial charge in [0, 0.05) is 10.0 Å². The molecule has 0 saturated heterocycles. The summed E-state index contributed by atoms with van der Waals surface area (Å²) < 4.78 is 0.897. The normalized spacial score (nSPS) is 9.15. The van der Waals surface area contributed by atoms with Crippen molar-refractivity contribution in [1.82, 2.24) is 0 Å². The summed E-state index contributed by atoms with van der Waals surface area (Å²) in [6, 6.07) is 5.59. The highest BCUT2D eigenvalue weighted by Crippen LogP contribution is 2.17. The molecule has 0 saturated carbocycles. The van der Waals surface area contributed by atoms with Crippen LogP contribution in [-0.2, 0) is 6.61 Å². The molecule has 0 aromatic heterocycles. The Balaban J connectivity index is 2.99. The highest BCUT2D eigenvalue weighted by Gasteiger charge is 1.97. The molecule has 0 amide bonds. The molecule has 13 heavy (non-hydrogen) atoms. The van der Waals surface area contributed by atoms with Gasteiger partial charge in [-0.2, -0.15) is 0 Å². The Morgan fingerprint density at radius 1 is 1.46 bits per heavy atom. The minimum absolute atomic E-state index is 0.0126. The van der Waals surface area contributed by atoms with E-state index in [0.29, 0.717) is 6.54 Å². The molecule has 3 N–H and O–H groups in total. The fraction of sp³-hybridized carbons (Fsp3) is 0.200. The largest absolute Gasteiger partial charge is 0.392 e. The van der Waals surface area contributed by atoms with Gasteiger partial charge in [0.1, 0.15) is 0 Å². The molecule has 0 aliphatic carbocycles. The monoisotopic (exact) mass is 239 g/mol. The first-order valence-electron chi connectivity index (χ1n) is 3.86. The number of aliphatic hydroxyl groups is 1. The zero-order chi connectivity index (χ0) is 9.68. The van der Waals surface area contributed by atoms with Crippen LogP contribution in [0.2, 0.25) is 0 Å². The number of halogens is 1. The van der Waals surface area contributed by atoms with E-state index in [2.05, 4.69) is 27.8 Å². The lowest BCUT2D eigenvalue weighted by Gasteiger charge is -2.00. The van der Waals surface area contributed by atoms with Crippen LogP contribution in [0.5, 0.6) is 0 Å². The average molecular weight is 240 g/mol. The van der Waals surface area contributed by atoms with E-state index in [-0.39, 0.29) is 6.61 Å². The van der Waals surface area contributed by atoms with E-state index in [1.165, 1.54) is 0 Å². The van der Waals surface area contributed by atoms with E-state index >= 15 is 0 Å². The van der Waals surface area contributed by atoms with E-state index in [1.807, 2.05) is 18.2 Å². The van der Waals surface area contributed by atoms with E-state index < -0.39 is 0 Å². The van der Waals surface area contributed by atoms with Gasteiger partial charge in [0.05, 0.1) is 13.2 Å². The average Bonchev–Trinajstić information content (AvgIpc) is 2.16. The van der Waals surface area contributed by atoms with Crippen molar-refractivity contribution in [3.8, 4) is 11.8 Å². The summed E-state index contributed by atoms with van der Waals surface area (Å²) >= 11 is 3.33. The van der Waals surface area contributed by atoms with Crippen molar-refractivity contribution < 1.29 is 5.11 Å². The maximum absolute atomic E-state index is 8.97. The maximum atomic E-state index is 8.97. The van der Waals surface area contributed by atoms with Crippen molar-refractivity contribution in [2.45, 2.75) is 6.61 Å². The molecule has 2 nitrogen and oxygen atoms in total. The van der Waals surface area contributed by atoms with Crippen molar-refractivity contribution in [2.75, 3.05) is 6.54 Å². The lowest BCUT2D eigenvalue weighted by Crippen LogP contribution is -1.93. The summed E-state index contributed by atoms with van der Waals surface area (Å²) in [5.74, 6) is 5.66. The van der Waals surface area contributed by atoms with Crippen molar-refractivity contribution in [3.63, 3.8) is 0 Å². The van der Waals surface area contributed by atoms with Gasteiger partial charge in [-0.15, -0.1) is 0 Å². The molecular formula is C10H10BrNO. The van der Waals surface area contributed by atoms with Crippen LogP contribution in [0, 0.1) is 11.8 Å². The first-order valence-corrected chi connectivity index (χ1v) is 4.65. The zero-order valence-corrected chi connectivity index (χ0v) is 8.63. The van der Waals surface area contributed by atoms with E-state index in [9.17, 15) is 0 Å². The Hall–Kier alpha value is -0.820. The van der Waals surface area contributed by atoms with Gasteiger partial charge in [0.2, 0.25) is 0 Å². The van der Waals surface area contributed by atoms with Gasteiger partial charge < -0.3 is 10.8 Å². The molecule has 0 atom stereocenters. The Kier molecular flexibility index (Phi) is 3.97. The van der Waals surface area contributed by atoms with Crippen molar-refractivity contribution in [3.05, 3.63) is 33.8 Å².